The molecule has 0 heterocycles. The number of nitrogens with zero attached hydrogens (tertiary/aromatic N) is 1. The van der Waals surface area contributed by atoms with Crippen LogP contribution in [0.3, 0.4) is 0 Å². The van der Waals surface area contributed by atoms with Gasteiger partial charge in [-0.25, -0.2) is 0 Å². The first-order valence-corrected chi connectivity index (χ1v) is 4.75. The summed E-state index contributed by atoms with van der Waals surface area (Å²) >= 11 is 0. The van der Waals surface area contributed by atoms with E-state index in [4.69, 9.17) is 4.74 Å². The molecule has 0 bridgehead atoms. The van der Waals surface area contributed by atoms with Crippen LogP contribution in [0.2, 0.25) is 0 Å². The van der Waals surface area contributed by atoms with Crippen molar-refractivity contribution in [3.05, 3.63) is 0 Å². The first-order valence-electron chi connectivity index (χ1n) is 4.75. The molecule has 1 unspecified atom stereocenters. The van der Waals surface area contributed by atoms with Crippen molar-refractivity contribution in [1.82, 2.24) is 4.90 Å². The lowest BCUT2D eigenvalue weighted by atomic mass is 10.3. The molecule has 0 aromatic rings. The molecule has 0 rings (SSSR count). The van der Waals surface area contributed by atoms with E-state index in [1.54, 1.807) is 0 Å². The fourth-order valence-electron chi connectivity index (χ4n) is 1.37. The molecule has 0 aromatic carbocycles. The first kappa shape index (κ1) is 11.9. The quantitative estimate of drug-likeness (QED) is 0.620. The molecule has 0 radical (unpaired) electrons. The van der Waals surface area contributed by atoms with Crippen LogP contribution in [0.4, 0.5) is 0 Å². The van der Waals surface area contributed by atoms with Crippen molar-refractivity contribution in [3.63, 3.8) is 0 Å². The van der Waals surface area contributed by atoms with E-state index in [2.05, 4.69) is 0 Å². The van der Waals surface area contributed by atoms with Crippen molar-refractivity contribution in [2.24, 2.45) is 0 Å². The van der Waals surface area contributed by atoms with Gasteiger partial charge in [0.15, 0.2) is 0 Å². The standard InChI is InChI=1S/C9H21NO2/c1-5-9(11,12-8-4)10(6-2)7-3/h11H,5-8H2,1-4H3. The molecule has 0 aliphatic rings. The van der Waals surface area contributed by atoms with Crippen LogP contribution in [0.15, 0.2) is 0 Å². The Morgan fingerprint density at radius 3 is 1.92 bits per heavy atom. The summed E-state index contributed by atoms with van der Waals surface area (Å²) in [6.07, 6.45) is 0.600. The highest BCUT2D eigenvalue weighted by atomic mass is 16.6. The van der Waals surface area contributed by atoms with E-state index in [1.165, 1.54) is 0 Å². The summed E-state index contributed by atoms with van der Waals surface area (Å²) in [5.74, 6) is -1.06. The Labute approximate surface area is 75.3 Å². The zero-order chi connectivity index (χ0) is 9.61. The molecule has 0 saturated heterocycles. The third-order valence-corrected chi connectivity index (χ3v) is 2.09. The minimum absolute atomic E-state index is 0.543. The van der Waals surface area contributed by atoms with Gasteiger partial charge < -0.3 is 9.84 Å². The van der Waals surface area contributed by atoms with Gasteiger partial charge in [-0.2, -0.15) is 0 Å². The van der Waals surface area contributed by atoms with E-state index in [0.717, 1.165) is 13.1 Å². The largest absolute Gasteiger partial charge is 0.353 e. The fraction of sp³-hybridized carbons (Fsp3) is 1.00. The van der Waals surface area contributed by atoms with Crippen LogP contribution >= 0.6 is 0 Å². The highest BCUT2D eigenvalue weighted by Gasteiger charge is 2.30. The average Bonchev–Trinajstić information content (AvgIpc) is 2.07. The minimum Gasteiger partial charge on any atom is -0.353 e. The highest BCUT2D eigenvalue weighted by Crippen LogP contribution is 2.17. The Bertz CT molecular complexity index is 115. The summed E-state index contributed by atoms with van der Waals surface area (Å²) in [6, 6.07) is 0. The Balaban J connectivity index is 4.24. The van der Waals surface area contributed by atoms with Gasteiger partial charge in [0.05, 0.1) is 0 Å². The molecule has 74 valence electrons. The maximum absolute atomic E-state index is 9.98. The van der Waals surface area contributed by atoms with E-state index in [9.17, 15) is 5.11 Å². The molecule has 12 heavy (non-hydrogen) atoms. The van der Waals surface area contributed by atoms with Gasteiger partial charge in [-0.3, -0.25) is 4.90 Å². The SMILES string of the molecule is CCOC(O)(CC)N(CC)CC. The van der Waals surface area contributed by atoms with Gasteiger partial charge in [0.25, 0.3) is 0 Å². The second kappa shape index (κ2) is 5.51. The van der Waals surface area contributed by atoms with Crippen LogP contribution in [-0.2, 0) is 4.74 Å². The fourth-order valence-corrected chi connectivity index (χ4v) is 1.37. The first-order chi connectivity index (χ1) is 5.64. The predicted octanol–water partition coefficient (Wildman–Crippen LogP) is 1.42. The molecule has 0 aliphatic heterocycles. The van der Waals surface area contributed by atoms with Gasteiger partial charge in [0.2, 0.25) is 5.91 Å². The number of hydrogen-bond acceptors (Lipinski definition) is 3. The monoisotopic (exact) mass is 175 g/mol. The summed E-state index contributed by atoms with van der Waals surface area (Å²) in [5, 5.41) is 9.98. The molecule has 1 N–H and O–H groups in total. The molecule has 3 nitrogen and oxygen atoms in total. The second-order valence-corrected chi connectivity index (χ2v) is 2.70. The smallest absolute Gasteiger partial charge is 0.227 e. The topological polar surface area (TPSA) is 32.7 Å². The molecule has 0 fully saturated rings. The zero-order valence-electron chi connectivity index (χ0n) is 8.63. The Morgan fingerprint density at radius 2 is 1.67 bits per heavy atom. The Hall–Kier alpha value is -0.120. The zero-order valence-corrected chi connectivity index (χ0v) is 8.63. The van der Waals surface area contributed by atoms with Gasteiger partial charge in [-0.1, -0.05) is 20.8 Å². The van der Waals surface area contributed by atoms with Crippen molar-refractivity contribution in [3.8, 4) is 0 Å². The molecular formula is C9H21NO2. The lowest BCUT2D eigenvalue weighted by Gasteiger charge is -2.36. The van der Waals surface area contributed by atoms with E-state index < -0.39 is 5.91 Å². The summed E-state index contributed by atoms with van der Waals surface area (Å²) in [6.45, 7) is 10.0. The van der Waals surface area contributed by atoms with E-state index >= 15 is 0 Å². The van der Waals surface area contributed by atoms with Crippen LogP contribution < -0.4 is 0 Å². The van der Waals surface area contributed by atoms with E-state index in [-0.39, 0.29) is 0 Å². The number of rotatable bonds is 6. The molecule has 0 spiro atoms. The van der Waals surface area contributed by atoms with Crippen molar-refractivity contribution < 1.29 is 9.84 Å². The average molecular weight is 175 g/mol. The molecule has 0 amide bonds. The van der Waals surface area contributed by atoms with Crippen molar-refractivity contribution >= 4 is 0 Å². The van der Waals surface area contributed by atoms with Crippen LogP contribution in [0.5, 0.6) is 0 Å². The summed E-state index contributed by atoms with van der Waals surface area (Å²) in [4.78, 5) is 1.91. The third-order valence-electron chi connectivity index (χ3n) is 2.09. The van der Waals surface area contributed by atoms with Gasteiger partial charge in [-0.05, 0) is 6.92 Å². The minimum atomic E-state index is -1.06. The normalized spacial score (nSPS) is 16.5. The van der Waals surface area contributed by atoms with Crippen LogP contribution in [-0.4, -0.2) is 35.6 Å². The van der Waals surface area contributed by atoms with Crippen LogP contribution in [0.1, 0.15) is 34.1 Å². The maximum atomic E-state index is 9.98. The van der Waals surface area contributed by atoms with Crippen molar-refractivity contribution in [2.75, 3.05) is 19.7 Å². The van der Waals surface area contributed by atoms with Gasteiger partial charge >= 0.3 is 0 Å². The second-order valence-electron chi connectivity index (χ2n) is 2.70. The lowest BCUT2D eigenvalue weighted by molar-refractivity contribution is -0.290. The molecule has 0 aromatic heterocycles. The molecule has 1 atom stereocenters. The summed E-state index contributed by atoms with van der Waals surface area (Å²) in [5.41, 5.74) is 0. The summed E-state index contributed by atoms with van der Waals surface area (Å²) < 4.78 is 5.30. The molecule has 0 saturated carbocycles. The molecule has 0 aliphatic carbocycles. The number of aliphatic hydroxyl groups is 1. The van der Waals surface area contributed by atoms with Gasteiger partial charge in [0, 0.05) is 26.1 Å². The Morgan fingerprint density at radius 1 is 1.17 bits per heavy atom. The van der Waals surface area contributed by atoms with Crippen LogP contribution in [0.25, 0.3) is 0 Å². The molecular weight excluding hydrogens is 154 g/mol. The van der Waals surface area contributed by atoms with Gasteiger partial charge in [-0.15, -0.1) is 0 Å². The van der Waals surface area contributed by atoms with E-state index in [1.807, 2.05) is 32.6 Å². The third kappa shape index (κ3) is 2.73. The van der Waals surface area contributed by atoms with Crippen LogP contribution in [0, 0.1) is 0 Å². The summed E-state index contributed by atoms with van der Waals surface area (Å²) in [7, 11) is 0. The number of ether oxygens (including phenoxy) is 1. The predicted molar refractivity (Wildman–Crippen MR) is 49.8 cm³/mol. The number of hydrogen-bond donors (Lipinski definition) is 1. The highest BCUT2D eigenvalue weighted by molar-refractivity contribution is 4.65. The van der Waals surface area contributed by atoms with E-state index in [0.29, 0.717) is 13.0 Å². The maximum Gasteiger partial charge on any atom is 0.227 e. The van der Waals surface area contributed by atoms with Crippen molar-refractivity contribution in [2.45, 2.75) is 40.0 Å². The molecule has 3 heteroatoms. The lowest BCUT2D eigenvalue weighted by Crippen LogP contribution is -2.50. The van der Waals surface area contributed by atoms with Crippen molar-refractivity contribution in [1.29, 1.82) is 0 Å². The van der Waals surface area contributed by atoms with Gasteiger partial charge in [0.1, 0.15) is 0 Å². The Kier molecular flexibility index (Phi) is 5.46.